The highest BCUT2D eigenvalue weighted by molar-refractivity contribution is 5.95. The Morgan fingerprint density at radius 3 is 1.94 bits per heavy atom. The predicted octanol–water partition coefficient (Wildman–Crippen LogP) is 4.17. The van der Waals surface area contributed by atoms with E-state index in [0.29, 0.717) is 6.42 Å². The number of rotatable bonds is 8. The van der Waals surface area contributed by atoms with Crippen molar-refractivity contribution in [1.82, 2.24) is 0 Å². The molecule has 0 bridgehead atoms. The van der Waals surface area contributed by atoms with Gasteiger partial charge in [0.15, 0.2) is 0 Å². The van der Waals surface area contributed by atoms with E-state index in [4.69, 9.17) is 9.47 Å². The third kappa shape index (κ3) is 5.95. The maximum Gasteiger partial charge on any atom is 0.368 e. The normalized spacial score (nSPS) is 11.6. The Morgan fingerprint density at radius 2 is 1.38 bits per heavy atom. The Kier molecular flexibility index (Phi) is 7.98. The molecule has 3 aromatic rings. The zero-order chi connectivity index (χ0) is 22.8. The lowest BCUT2D eigenvalue weighted by Gasteiger charge is -2.23. The number of methoxy groups -OCH3 is 2. The first-order valence-electron chi connectivity index (χ1n) is 10.1. The molecule has 0 fully saturated rings. The van der Waals surface area contributed by atoms with Gasteiger partial charge in [0.1, 0.15) is 12.3 Å². The van der Waals surface area contributed by atoms with Crippen LogP contribution in [0.15, 0.2) is 103 Å². The van der Waals surface area contributed by atoms with Crippen molar-refractivity contribution in [1.29, 1.82) is 0 Å². The zero-order valence-electron chi connectivity index (χ0n) is 18.1. The van der Waals surface area contributed by atoms with Crippen LogP contribution in [0.2, 0.25) is 0 Å². The van der Waals surface area contributed by atoms with E-state index in [0.717, 1.165) is 28.8 Å². The number of carbonyl (C=O) groups excluding carboxylic acids is 2. The van der Waals surface area contributed by atoms with E-state index >= 15 is 0 Å². The van der Waals surface area contributed by atoms with Crippen LogP contribution in [-0.4, -0.2) is 36.9 Å². The topological polar surface area (TPSA) is 55.6 Å². The largest absolute Gasteiger partial charge is 0.467 e. The maximum atomic E-state index is 12.8. The molecule has 0 spiro atoms. The Bertz CT molecular complexity index is 1090. The van der Waals surface area contributed by atoms with Crippen LogP contribution in [0.5, 0.6) is 0 Å². The molecule has 0 N–H and O–H groups in total. The van der Waals surface area contributed by atoms with Crippen LogP contribution in [0.1, 0.15) is 16.7 Å². The third-order valence-corrected chi connectivity index (χ3v) is 4.80. The molecule has 3 aromatic carbocycles. The summed E-state index contributed by atoms with van der Waals surface area (Å²) in [5.74, 6) is -1.30. The summed E-state index contributed by atoms with van der Waals surface area (Å²) in [4.78, 5) is 25.0. The summed E-state index contributed by atoms with van der Waals surface area (Å²) < 4.78 is 11.5. The van der Waals surface area contributed by atoms with E-state index < -0.39 is 11.9 Å². The van der Waals surface area contributed by atoms with Crippen LogP contribution in [-0.2, 0) is 25.5 Å². The van der Waals surface area contributed by atoms with Crippen molar-refractivity contribution in [2.45, 2.75) is 6.42 Å². The molecule has 0 heterocycles. The molecule has 0 radical (unpaired) electrons. The van der Waals surface area contributed by atoms with Crippen molar-refractivity contribution >= 4 is 18.2 Å². The second-order valence-corrected chi connectivity index (χ2v) is 6.93. The zero-order valence-corrected chi connectivity index (χ0v) is 18.1. The second-order valence-electron chi connectivity index (χ2n) is 6.93. The summed E-state index contributed by atoms with van der Waals surface area (Å²) in [5, 5.41) is 0. The molecule has 3 rings (SSSR count). The molecule has 0 saturated heterocycles. The van der Waals surface area contributed by atoms with Gasteiger partial charge in [-0.15, -0.1) is 12.1 Å². The number of esters is 2. The van der Waals surface area contributed by atoms with Gasteiger partial charge in [-0.25, -0.2) is 9.59 Å². The van der Waals surface area contributed by atoms with Crippen molar-refractivity contribution in [2.24, 2.45) is 0 Å². The van der Waals surface area contributed by atoms with Crippen LogP contribution in [0.3, 0.4) is 0 Å². The fourth-order valence-corrected chi connectivity index (χ4v) is 3.23. The third-order valence-electron chi connectivity index (χ3n) is 4.80. The molecular formula is C27H25NO4. The Balaban J connectivity index is 2.23. The summed E-state index contributed by atoms with van der Waals surface area (Å²) in [7, 11) is 2.55. The molecule has 162 valence electrons. The predicted molar refractivity (Wildman–Crippen MR) is 123 cm³/mol. The summed E-state index contributed by atoms with van der Waals surface area (Å²) >= 11 is 0. The van der Waals surface area contributed by atoms with E-state index in [1.165, 1.54) is 14.2 Å². The van der Waals surface area contributed by atoms with Gasteiger partial charge in [-0.3, -0.25) is 4.58 Å². The van der Waals surface area contributed by atoms with Crippen LogP contribution >= 0.6 is 0 Å². The van der Waals surface area contributed by atoms with Gasteiger partial charge in [-0.05, 0) is 5.56 Å². The number of nitrogens with zero attached hydrogens (tertiary/aromatic N) is 1. The van der Waals surface area contributed by atoms with Gasteiger partial charge < -0.3 is 9.47 Å². The van der Waals surface area contributed by atoms with Gasteiger partial charge in [-0.1, -0.05) is 84.4 Å². The molecule has 0 unspecified atom stereocenters. The monoisotopic (exact) mass is 427 g/mol. The number of benzene rings is 3. The van der Waals surface area contributed by atoms with Gasteiger partial charge in [0.25, 0.3) is 0 Å². The molecular weight excluding hydrogens is 402 g/mol. The lowest BCUT2D eigenvalue weighted by Crippen LogP contribution is -2.28. The molecule has 0 aromatic heterocycles. The van der Waals surface area contributed by atoms with Gasteiger partial charge in [0, 0.05) is 12.0 Å². The van der Waals surface area contributed by atoms with Crippen molar-refractivity contribution in [2.75, 3.05) is 14.2 Å². The molecule has 0 saturated carbocycles. The highest BCUT2D eigenvalue weighted by atomic mass is 16.5. The highest BCUT2D eigenvalue weighted by Crippen LogP contribution is 2.25. The minimum atomic E-state index is -0.649. The summed E-state index contributed by atoms with van der Waals surface area (Å²) in [5.41, 5.74) is 2.87. The van der Waals surface area contributed by atoms with E-state index in [1.807, 2.05) is 97.2 Å². The van der Waals surface area contributed by atoms with E-state index in [1.54, 1.807) is 4.58 Å². The fraction of sp³-hybridized carbons (Fsp3) is 0.111. The van der Waals surface area contributed by atoms with E-state index in [9.17, 15) is 9.59 Å². The fourth-order valence-electron chi connectivity index (χ4n) is 3.23. The van der Waals surface area contributed by atoms with Crippen LogP contribution in [0.4, 0.5) is 0 Å². The Hall–Kier alpha value is -4.12. The Labute approximate surface area is 188 Å². The summed E-state index contributed by atoms with van der Waals surface area (Å²) in [6.45, 7) is 0. The molecule has 0 aliphatic rings. The van der Waals surface area contributed by atoms with Crippen molar-refractivity contribution < 1.29 is 23.6 Å². The molecule has 0 aliphatic carbocycles. The summed E-state index contributed by atoms with van der Waals surface area (Å²) in [6.07, 6.45) is 3.49. The number of carbonyl (C=O) groups is 2. The SMILES string of the molecule is COC(=O)/C=C(\C(=O)OC)[N+](=Cc1ccccc1)[C-](Cc1ccccc1)c1ccccc1. The van der Waals surface area contributed by atoms with E-state index in [2.05, 4.69) is 0 Å². The minimum absolute atomic E-state index is 0.0537. The average molecular weight is 428 g/mol. The van der Waals surface area contributed by atoms with Crippen LogP contribution in [0.25, 0.3) is 0 Å². The number of ether oxygens (including phenoxy) is 2. The summed E-state index contributed by atoms with van der Waals surface area (Å²) in [6, 6.07) is 30.0. The first-order chi connectivity index (χ1) is 15.6. The lowest BCUT2D eigenvalue weighted by atomic mass is 9.97. The Morgan fingerprint density at radius 1 is 0.812 bits per heavy atom. The first-order valence-corrected chi connectivity index (χ1v) is 10.1. The van der Waals surface area contributed by atoms with Crippen molar-refractivity contribution in [3.8, 4) is 0 Å². The van der Waals surface area contributed by atoms with Crippen molar-refractivity contribution in [3.63, 3.8) is 0 Å². The number of hydrogen-bond donors (Lipinski definition) is 0. The number of hydrogen-bond acceptors (Lipinski definition) is 4. The van der Waals surface area contributed by atoms with Crippen molar-refractivity contribution in [3.05, 3.63) is 126 Å². The first kappa shape index (κ1) is 22.6. The van der Waals surface area contributed by atoms with Crippen LogP contribution < -0.4 is 0 Å². The van der Waals surface area contributed by atoms with Gasteiger partial charge in [0.2, 0.25) is 5.70 Å². The van der Waals surface area contributed by atoms with Gasteiger partial charge >= 0.3 is 11.9 Å². The smallest absolute Gasteiger partial charge is 0.368 e. The van der Waals surface area contributed by atoms with Gasteiger partial charge in [-0.2, -0.15) is 0 Å². The highest BCUT2D eigenvalue weighted by Gasteiger charge is 2.28. The maximum absolute atomic E-state index is 12.8. The molecule has 0 aliphatic heterocycles. The van der Waals surface area contributed by atoms with Crippen LogP contribution in [0, 0.1) is 6.04 Å². The molecule has 5 nitrogen and oxygen atoms in total. The standard InChI is InChI=1S/C27H25NO4/c1-31-26(29)19-25(27(30)32-2)28(20-22-14-8-4-9-15-22)24(23-16-10-5-11-17-23)18-21-12-6-3-7-13-21/h3-17,19-20H,18H2,1-2H3/b25-19+. The molecule has 0 amide bonds. The molecule has 5 heteroatoms. The second kappa shape index (κ2) is 11.3. The van der Waals surface area contributed by atoms with Gasteiger partial charge in [0.05, 0.1) is 20.3 Å². The quantitative estimate of drug-likeness (QED) is 0.178. The van der Waals surface area contributed by atoms with E-state index in [-0.39, 0.29) is 5.70 Å². The average Bonchev–Trinajstić information content (AvgIpc) is 2.86. The lowest BCUT2D eigenvalue weighted by molar-refractivity contribution is -0.447. The molecule has 32 heavy (non-hydrogen) atoms. The molecule has 0 atom stereocenters. The minimum Gasteiger partial charge on any atom is -0.467 e.